The minimum atomic E-state index is -2.20. The topological polar surface area (TPSA) is 66.0 Å². The molecule has 2 N–H and O–H groups in total. The average molecular weight is 310 g/mol. The van der Waals surface area contributed by atoms with Gasteiger partial charge in [-0.1, -0.05) is 0 Å². The van der Waals surface area contributed by atoms with Crippen LogP contribution in [0.15, 0.2) is 0 Å². The number of carboxylic acid groups (broad SMARTS) is 1. The van der Waals surface area contributed by atoms with E-state index in [4.69, 9.17) is 5.11 Å². The number of carbonyl (C=O) groups is 1. The molecular weight excluding hydrogens is 308 g/mol. The molecule has 100 valence electrons. The summed E-state index contributed by atoms with van der Waals surface area (Å²) in [6.45, 7) is 0. The largest absolute Gasteiger partial charge is 0.478 e. The second-order valence-corrected chi connectivity index (χ2v) is 4.42. The van der Waals surface area contributed by atoms with Gasteiger partial charge < -0.3 is 5.11 Å². The van der Waals surface area contributed by atoms with E-state index < -0.39 is 45.4 Å². The van der Waals surface area contributed by atoms with E-state index in [1.54, 1.807) is 0 Å². The lowest BCUT2D eigenvalue weighted by molar-refractivity contribution is 0.0690. The van der Waals surface area contributed by atoms with E-state index in [1.807, 2.05) is 0 Å². The van der Waals surface area contributed by atoms with E-state index >= 15 is 0 Å². The van der Waals surface area contributed by atoms with Crippen LogP contribution < -0.4 is 0 Å². The Morgan fingerprint density at radius 2 is 1.74 bits per heavy atom. The second-order valence-electron chi connectivity index (χ2n) is 3.24. The van der Waals surface area contributed by atoms with Gasteiger partial charge in [0, 0.05) is 0 Å². The van der Waals surface area contributed by atoms with Crippen LogP contribution >= 0.6 is 23.8 Å². The number of benzene rings is 1. The number of halogens is 4. The number of rotatable bonds is 2. The van der Waals surface area contributed by atoms with Gasteiger partial charge >= 0.3 is 5.97 Å². The molecule has 0 saturated heterocycles. The number of aromatic carboxylic acids is 1. The predicted molar refractivity (Wildman–Crippen MR) is 59.5 cm³/mol. The van der Waals surface area contributed by atoms with Crippen LogP contribution in [0.1, 0.15) is 10.4 Å². The molecule has 1 heterocycles. The van der Waals surface area contributed by atoms with Crippen LogP contribution in [-0.2, 0) is 0 Å². The molecular formula is C9H2F4N2O2S2. The molecule has 0 radical (unpaired) electrons. The second kappa shape index (κ2) is 4.70. The Morgan fingerprint density at radius 3 is 2.21 bits per heavy atom. The summed E-state index contributed by atoms with van der Waals surface area (Å²) in [4.78, 5) is 14.4. The van der Waals surface area contributed by atoms with Gasteiger partial charge in [0.1, 0.15) is 10.6 Å². The quantitative estimate of drug-likeness (QED) is 0.387. The lowest BCUT2D eigenvalue weighted by Gasteiger charge is -2.07. The van der Waals surface area contributed by atoms with Gasteiger partial charge in [-0.3, -0.25) is 4.37 Å². The Kier molecular flexibility index (Phi) is 3.37. The fraction of sp³-hybridized carbons (Fsp3) is 0. The van der Waals surface area contributed by atoms with Crippen LogP contribution in [-0.4, -0.2) is 20.4 Å². The minimum absolute atomic E-state index is 0.124. The van der Waals surface area contributed by atoms with Gasteiger partial charge in [-0.05, 0) is 23.8 Å². The molecule has 19 heavy (non-hydrogen) atoms. The summed E-state index contributed by atoms with van der Waals surface area (Å²) in [5.41, 5.74) is -2.32. The number of aromatic nitrogens is 2. The first kappa shape index (κ1) is 13.6. The zero-order chi connectivity index (χ0) is 14.3. The van der Waals surface area contributed by atoms with Crippen LogP contribution in [0.3, 0.4) is 0 Å². The monoisotopic (exact) mass is 310 g/mol. The van der Waals surface area contributed by atoms with Crippen molar-refractivity contribution < 1.29 is 27.5 Å². The normalized spacial score (nSPS) is 10.7. The van der Waals surface area contributed by atoms with Crippen LogP contribution in [0.4, 0.5) is 17.6 Å². The highest BCUT2D eigenvalue weighted by molar-refractivity contribution is 7.71. The molecule has 2 rings (SSSR count). The van der Waals surface area contributed by atoms with E-state index in [9.17, 15) is 22.4 Å². The molecule has 0 aliphatic heterocycles. The molecule has 0 saturated carbocycles. The summed E-state index contributed by atoms with van der Waals surface area (Å²) in [6.07, 6.45) is 0. The highest BCUT2D eigenvalue weighted by Gasteiger charge is 2.31. The number of nitrogens with one attached hydrogen (secondary N) is 1. The van der Waals surface area contributed by atoms with Crippen molar-refractivity contribution in [1.82, 2.24) is 9.36 Å². The minimum Gasteiger partial charge on any atom is -0.478 e. The molecule has 0 unspecified atom stereocenters. The van der Waals surface area contributed by atoms with E-state index in [0.717, 1.165) is 0 Å². The zero-order valence-corrected chi connectivity index (χ0v) is 10.3. The third-order valence-electron chi connectivity index (χ3n) is 2.13. The van der Waals surface area contributed by atoms with Crippen molar-refractivity contribution in [2.45, 2.75) is 0 Å². The van der Waals surface area contributed by atoms with Gasteiger partial charge in [0.2, 0.25) is 4.77 Å². The number of nitrogens with zero attached hydrogens (tertiary/aromatic N) is 1. The fourth-order valence-corrected chi connectivity index (χ4v) is 2.30. The number of H-pyrrole nitrogens is 1. The molecule has 0 atom stereocenters. The Balaban J connectivity index is 2.93. The molecule has 0 amide bonds. The molecule has 4 nitrogen and oxygen atoms in total. The summed E-state index contributed by atoms with van der Waals surface area (Å²) < 4.78 is 55.5. The van der Waals surface area contributed by atoms with E-state index in [1.165, 1.54) is 0 Å². The maximum atomic E-state index is 13.6. The van der Waals surface area contributed by atoms with Crippen LogP contribution in [0.5, 0.6) is 0 Å². The van der Waals surface area contributed by atoms with E-state index in [2.05, 4.69) is 21.6 Å². The Labute approximate surface area is 111 Å². The summed E-state index contributed by atoms with van der Waals surface area (Å²) >= 11 is 5.16. The third-order valence-corrected chi connectivity index (χ3v) is 3.24. The molecule has 0 bridgehead atoms. The molecule has 0 spiro atoms. The Hall–Kier alpha value is -1.81. The van der Waals surface area contributed by atoms with Gasteiger partial charge in [-0.25, -0.2) is 27.3 Å². The molecule has 0 aliphatic carbocycles. The smallest absolute Gasteiger partial charge is 0.339 e. The van der Waals surface area contributed by atoms with Crippen molar-refractivity contribution in [3.8, 4) is 10.6 Å². The van der Waals surface area contributed by atoms with E-state index in [0.29, 0.717) is 11.5 Å². The van der Waals surface area contributed by atoms with Crippen molar-refractivity contribution in [3.05, 3.63) is 33.6 Å². The number of hydrogen-bond donors (Lipinski definition) is 2. The van der Waals surface area contributed by atoms with Gasteiger partial charge in [0.05, 0.1) is 5.56 Å². The maximum Gasteiger partial charge on any atom is 0.339 e. The third kappa shape index (κ3) is 2.12. The van der Waals surface area contributed by atoms with Crippen LogP contribution in [0.2, 0.25) is 0 Å². The average Bonchev–Trinajstić information content (AvgIpc) is 2.76. The summed E-state index contributed by atoms with van der Waals surface area (Å²) in [7, 11) is 0. The number of carboxylic acids is 1. The molecule has 10 heteroatoms. The Morgan fingerprint density at radius 1 is 1.16 bits per heavy atom. The molecule has 2 aromatic rings. The molecule has 1 aromatic heterocycles. The highest BCUT2D eigenvalue weighted by Crippen LogP contribution is 2.33. The summed E-state index contributed by atoms with van der Waals surface area (Å²) in [5.74, 6) is -10.1. The summed E-state index contributed by atoms with van der Waals surface area (Å²) in [6, 6.07) is 0. The van der Waals surface area contributed by atoms with Crippen molar-refractivity contribution in [3.63, 3.8) is 0 Å². The SMILES string of the molecule is O=C(O)c1c(F)c(F)c(F)c(F)c1-c1nc(=S)[nH]s1. The van der Waals surface area contributed by atoms with Gasteiger partial charge in [0.15, 0.2) is 23.3 Å². The standard InChI is InChI=1S/C9H2F4N2O2S2/c10-3-1(7-14-9(18)15-19-7)2(8(16)17)4(11)6(13)5(3)12/h(H,15,18)(H,16,17). The lowest BCUT2D eigenvalue weighted by atomic mass is 10.1. The van der Waals surface area contributed by atoms with E-state index in [-0.39, 0.29) is 4.77 Å². The van der Waals surface area contributed by atoms with Crippen molar-refractivity contribution in [2.75, 3.05) is 0 Å². The zero-order valence-electron chi connectivity index (χ0n) is 8.63. The van der Waals surface area contributed by atoms with Crippen molar-refractivity contribution >= 4 is 29.7 Å². The first-order chi connectivity index (χ1) is 8.84. The fourth-order valence-electron chi connectivity index (χ4n) is 1.37. The highest BCUT2D eigenvalue weighted by atomic mass is 32.1. The maximum absolute atomic E-state index is 13.6. The van der Waals surface area contributed by atoms with Crippen LogP contribution in [0, 0.1) is 28.0 Å². The first-order valence-electron chi connectivity index (χ1n) is 4.49. The summed E-state index contributed by atoms with van der Waals surface area (Å²) in [5, 5.41) is 8.41. The number of hydrogen-bond acceptors (Lipinski definition) is 4. The van der Waals surface area contributed by atoms with Gasteiger partial charge in [-0.2, -0.15) is 0 Å². The lowest BCUT2D eigenvalue weighted by Crippen LogP contribution is -2.11. The molecule has 0 aliphatic rings. The predicted octanol–water partition coefficient (Wildman–Crippen LogP) is 3.12. The van der Waals surface area contributed by atoms with Crippen LogP contribution in [0.25, 0.3) is 10.6 Å². The van der Waals surface area contributed by atoms with Gasteiger partial charge in [0.25, 0.3) is 0 Å². The number of aromatic amines is 1. The van der Waals surface area contributed by atoms with Crippen molar-refractivity contribution in [2.24, 2.45) is 0 Å². The molecule has 0 fully saturated rings. The molecule has 1 aromatic carbocycles. The first-order valence-corrected chi connectivity index (χ1v) is 5.72. The van der Waals surface area contributed by atoms with Gasteiger partial charge in [-0.15, -0.1) is 0 Å². The Bertz CT molecular complexity index is 741. The van der Waals surface area contributed by atoms with Crippen molar-refractivity contribution in [1.29, 1.82) is 0 Å².